The van der Waals surface area contributed by atoms with Crippen LogP contribution in [-0.2, 0) is 23.8 Å². The summed E-state index contributed by atoms with van der Waals surface area (Å²) in [6.07, 6.45) is -10.2. The molecule has 13 heteroatoms. The van der Waals surface area contributed by atoms with E-state index < -0.39 is 85.8 Å². The van der Waals surface area contributed by atoms with Crippen LogP contribution < -0.4 is 0 Å². The van der Waals surface area contributed by atoms with Crippen LogP contribution in [0.4, 0.5) is 0 Å². The smallest absolute Gasteiger partial charge is 0.370 e. The first-order chi connectivity index (χ1) is 13.5. The maximum atomic E-state index is 11.1. The minimum atomic E-state index is -2.82. The van der Waals surface area contributed by atoms with Gasteiger partial charge in [-0.05, 0) is 6.08 Å². The Labute approximate surface area is 164 Å². The zero-order valence-electron chi connectivity index (χ0n) is 15.1. The molecule has 0 aliphatic carbocycles. The Bertz CT molecular complexity index is 636. The number of rotatable bonds is 8. The van der Waals surface area contributed by atoms with Gasteiger partial charge in [0.25, 0.3) is 5.79 Å². The van der Waals surface area contributed by atoms with Crippen molar-refractivity contribution in [1.29, 1.82) is 0 Å². The molecule has 0 amide bonds. The van der Waals surface area contributed by atoms with Crippen molar-refractivity contribution in [2.45, 2.75) is 61.4 Å². The molecule has 0 aromatic rings. The van der Waals surface area contributed by atoms with E-state index in [1.54, 1.807) is 0 Å². The van der Waals surface area contributed by atoms with Crippen LogP contribution in [0.2, 0.25) is 0 Å². The predicted molar refractivity (Wildman–Crippen MR) is 88.1 cm³/mol. The van der Waals surface area contributed by atoms with Crippen LogP contribution in [0.15, 0.2) is 11.8 Å². The van der Waals surface area contributed by atoms with Gasteiger partial charge in [-0.3, -0.25) is 0 Å². The Morgan fingerprint density at radius 3 is 2.45 bits per heavy atom. The number of carboxylic acids is 2. The monoisotopic (exact) mass is 424 g/mol. The van der Waals surface area contributed by atoms with Gasteiger partial charge in [-0.25, -0.2) is 9.59 Å². The quantitative estimate of drug-likeness (QED) is 0.187. The predicted octanol–water partition coefficient (Wildman–Crippen LogP) is -3.87. The number of ether oxygens (including phenoxy) is 3. The van der Waals surface area contributed by atoms with Crippen molar-refractivity contribution >= 4 is 11.9 Å². The molecule has 0 aromatic heterocycles. The third-order valence-electron chi connectivity index (χ3n) is 4.65. The molecule has 166 valence electrons. The number of carboxylic acid groups (broad SMARTS) is 2. The zero-order valence-corrected chi connectivity index (χ0v) is 15.1. The molecule has 0 unspecified atom stereocenters. The van der Waals surface area contributed by atoms with Gasteiger partial charge in [-0.15, -0.1) is 0 Å². The number of hydrogen-bond acceptors (Lipinski definition) is 11. The lowest BCUT2D eigenvalue weighted by Gasteiger charge is -2.41. The molecule has 2 aliphatic heterocycles. The van der Waals surface area contributed by atoms with Crippen molar-refractivity contribution in [3.63, 3.8) is 0 Å². The van der Waals surface area contributed by atoms with Crippen molar-refractivity contribution in [2.24, 2.45) is 0 Å². The van der Waals surface area contributed by atoms with Crippen molar-refractivity contribution in [3.8, 4) is 0 Å². The molecule has 29 heavy (non-hydrogen) atoms. The molecule has 0 radical (unpaired) electrons. The van der Waals surface area contributed by atoms with Crippen LogP contribution in [0, 0.1) is 0 Å². The molecule has 8 atom stereocenters. The Kier molecular flexibility index (Phi) is 7.53. The van der Waals surface area contributed by atoms with Crippen molar-refractivity contribution in [2.75, 3.05) is 13.2 Å². The third kappa shape index (κ3) is 5.40. The summed E-state index contributed by atoms with van der Waals surface area (Å²) in [5.74, 6) is -6.64. The summed E-state index contributed by atoms with van der Waals surface area (Å²) in [7, 11) is 0. The maximum absolute atomic E-state index is 11.1. The lowest BCUT2D eigenvalue weighted by molar-refractivity contribution is -0.309. The van der Waals surface area contributed by atoms with Gasteiger partial charge >= 0.3 is 11.9 Å². The summed E-state index contributed by atoms with van der Waals surface area (Å²) in [5, 5.41) is 76.7. The van der Waals surface area contributed by atoms with Crippen molar-refractivity contribution in [3.05, 3.63) is 11.8 Å². The minimum absolute atomic E-state index is 0.0823. The van der Waals surface area contributed by atoms with Gasteiger partial charge in [0.2, 0.25) is 5.76 Å². The molecule has 2 rings (SSSR count). The Balaban J connectivity index is 2.06. The van der Waals surface area contributed by atoms with Crippen LogP contribution in [0.3, 0.4) is 0 Å². The van der Waals surface area contributed by atoms with Gasteiger partial charge in [0, 0.05) is 12.8 Å². The first-order valence-electron chi connectivity index (χ1n) is 8.68. The Morgan fingerprint density at radius 2 is 1.90 bits per heavy atom. The normalized spacial score (nSPS) is 37.2. The summed E-state index contributed by atoms with van der Waals surface area (Å²) in [4.78, 5) is 22.3. The third-order valence-corrected chi connectivity index (χ3v) is 4.65. The lowest BCUT2D eigenvalue weighted by atomic mass is 9.93. The highest BCUT2D eigenvalue weighted by Gasteiger charge is 2.52. The van der Waals surface area contributed by atoms with E-state index in [1.807, 2.05) is 0 Å². The van der Waals surface area contributed by atoms with E-state index in [2.05, 4.69) is 0 Å². The van der Waals surface area contributed by atoms with E-state index in [9.17, 15) is 35.1 Å². The molecule has 0 bridgehead atoms. The van der Waals surface area contributed by atoms with Gasteiger partial charge in [0.05, 0.1) is 25.4 Å². The molecule has 0 spiro atoms. The van der Waals surface area contributed by atoms with E-state index >= 15 is 0 Å². The molecular formula is C16H24O13. The van der Waals surface area contributed by atoms with Crippen molar-refractivity contribution < 1.29 is 64.7 Å². The van der Waals surface area contributed by atoms with E-state index in [-0.39, 0.29) is 6.42 Å². The fourth-order valence-corrected chi connectivity index (χ4v) is 3.03. The second-order valence-electron chi connectivity index (χ2n) is 6.85. The van der Waals surface area contributed by atoms with E-state index in [0.29, 0.717) is 0 Å². The molecule has 2 heterocycles. The lowest BCUT2D eigenvalue weighted by Crippen LogP contribution is -2.61. The van der Waals surface area contributed by atoms with Gasteiger partial charge in [0.15, 0.2) is 0 Å². The molecule has 1 saturated heterocycles. The molecule has 13 nitrogen and oxygen atoms in total. The van der Waals surface area contributed by atoms with E-state index in [1.165, 1.54) is 0 Å². The Hall–Kier alpha value is -1.84. The summed E-state index contributed by atoms with van der Waals surface area (Å²) < 4.78 is 15.3. The summed E-state index contributed by atoms with van der Waals surface area (Å²) in [6, 6.07) is 0. The minimum Gasteiger partial charge on any atom is -0.480 e. The fraction of sp³-hybridized carbons (Fsp3) is 0.750. The van der Waals surface area contributed by atoms with Crippen LogP contribution in [0.1, 0.15) is 12.8 Å². The molecular weight excluding hydrogens is 400 g/mol. The molecule has 0 saturated carbocycles. The van der Waals surface area contributed by atoms with Crippen LogP contribution in [0.5, 0.6) is 0 Å². The molecule has 2 aliphatic rings. The van der Waals surface area contributed by atoms with Gasteiger partial charge in [-0.2, -0.15) is 0 Å². The van der Waals surface area contributed by atoms with Gasteiger partial charge in [0.1, 0.15) is 30.5 Å². The summed E-state index contributed by atoms with van der Waals surface area (Å²) in [6.45, 7) is -1.30. The second-order valence-corrected chi connectivity index (χ2v) is 6.85. The van der Waals surface area contributed by atoms with E-state index in [0.717, 1.165) is 6.08 Å². The number of aliphatic carboxylic acids is 2. The topological polar surface area (TPSA) is 224 Å². The summed E-state index contributed by atoms with van der Waals surface area (Å²) >= 11 is 0. The maximum Gasteiger partial charge on any atom is 0.370 e. The Morgan fingerprint density at radius 1 is 1.24 bits per heavy atom. The average Bonchev–Trinajstić information content (AvgIpc) is 2.67. The fourth-order valence-electron chi connectivity index (χ4n) is 3.03. The standard InChI is InChI=1S/C16H24O13/c17-4-8(19)10-1-6(2-11(28-10)14(22)23)27-5-9(20)13-12(21)7(18)3-16(26,29-13)15(24)25/h2,6-10,12-13,17-21,26H,1,3-5H2,(H,22,23)(H,24,25)/t6-,7-,8-,9-,10+,12-,13-,16-/m1/s1. The van der Waals surface area contributed by atoms with Crippen LogP contribution in [-0.4, -0.2) is 115 Å². The van der Waals surface area contributed by atoms with Crippen molar-refractivity contribution in [1.82, 2.24) is 0 Å². The van der Waals surface area contributed by atoms with Crippen LogP contribution in [0.25, 0.3) is 0 Å². The van der Waals surface area contributed by atoms with Crippen LogP contribution >= 0.6 is 0 Å². The van der Waals surface area contributed by atoms with Gasteiger partial charge < -0.3 is 55.1 Å². The number of carbonyl (C=O) groups is 2. The number of aliphatic hydroxyl groups excluding tert-OH is 5. The zero-order chi connectivity index (χ0) is 21.9. The first-order valence-corrected chi connectivity index (χ1v) is 8.68. The molecule has 0 aromatic carbocycles. The number of hydrogen-bond donors (Lipinski definition) is 8. The van der Waals surface area contributed by atoms with Gasteiger partial charge in [-0.1, -0.05) is 0 Å². The molecule has 8 N–H and O–H groups in total. The highest BCUT2D eigenvalue weighted by molar-refractivity contribution is 5.84. The second kappa shape index (κ2) is 9.32. The molecule has 1 fully saturated rings. The largest absolute Gasteiger partial charge is 0.480 e. The van der Waals surface area contributed by atoms with E-state index in [4.69, 9.17) is 29.5 Å². The number of aliphatic hydroxyl groups is 6. The SMILES string of the molecule is O=C(O)C1=C[C@H](OC[C@@H](O)[C@H]2O[C@@](O)(C(=O)O)C[C@@H](O)[C@H]2O)C[C@@H]([C@H](O)CO)O1. The average molecular weight is 424 g/mol. The highest BCUT2D eigenvalue weighted by atomic mass is 16.7. The first kappa shape index (κ1) is 23.4. The summed E-state index contributed by atoms with van der Waals surface area (Å²) in [5.41, 5.74) is 0. The highest BCUT2D eigenvalue weighted by Crippen LogP contribution is 2.30.